The summed E-state index contributed by atoms with van der Waals surface area (Å²) in [5, 5.41) is 3.13. The Balaban J connectivity index is 1.67. The first-order chi connectivity index (χ1) is 10.7. The number of fused-ring (bicyclic) bond motifs is 1. The molecule has 0 aliphatic carbocycles. The molecule has 6 nitrogen and oxygen atoms in total. The average Bonchev–Trinajstić information content (AvgIpc) is 3.03. The zero-order valence-corrected chi connectivity index (χ0v) is 13.6. The molecule has 22 heavy (non-hydrogen) atoms. The van der Waals surface area contributed by atoms with Gasteiger partial charge in [-0.1, -0.05) is 13.3 Å². The van der Waals surface area contributed by atoms with Gasteiger partial charge >= 0.3 is 0 Å². The number of hydrogen-bond acceptors (Lipinski definition) is 6. The van der Waals surface area contributed by atoms with Crippen LogP contribution in [0.2, 0.25) is 0 Å². The van der Waals surface area contributed by atoms with Gasteiger partial charge in [0.2, 0.25) is 5.91 Å². The molecule has 0 aromatic carbocycles. The van der Waals surface area contributed by atoms with E-state index in [1.54, 1.807) is 17.7 Å². The van der Waals surface area contributed by atoms with Crippen molar-refractivity contribution >= 4 is 33.3 Å². The van der Waals surface area contributed by atoms with Gasteiger partial charge in [0.15, 0.2) is 0 Å². The maximum absolute atomic E-state index is 12.3. The molecule has 0 spiro atoms. The van der Waals surface area contributed by atoms with Gasteiger partial charge in [0, 0.05) is 26.2 Å². The summed E-state index contributed by atoms with van der Waals surface area (Å²) >= 11 is 1.62. The second kappa shape index (κ2) is 6.58. The van der Waals surface area contributed by atoms with Crippen LogP contribution in [0.4, 0.5) is 5.82 Å². The summed E-state index contributed by atoms with van der Waals surface area (Å²) in [7, 11) is 0. The molecule has 2 aromatic rings. The lowest BCUT2D eigenvalue weighted by atomic mass is 10.1. The highest BCUT2D eigenvalue weighted by Gasteiger charge is 2.26. The van der Waals surface area contributed by atoms with E-state index in [4.69, 9.17) is 5.73 Å². The molecule has 3 rings (SSSR count). The van der Waals surface area contributed by atoms with Crippen LogP contribution in [0.3, 0.4) is 0 Å². The van der Waals surface area contributed by atoms with E-state index in [2.05, 4.69) is 20.9 Å². The van der Waals surface area contributed by atoms with Gasteiger partial charge in [-0.3, -0.25) is 4.79 Å². The number of nitrogens with zero attached hydrogens (tertiary/aromatic N) is 4. The molecular weight excluding hydrogens is 298 g/mol. The Hall–Kier alpha value is -1.73. The summed E-state index contributed by atoms with van der Waals surface area (Å²) in [5.41, 5.74) is 5.94. The SMILES string of the molecule is CCCC(N)C(=O)N1CCN(c2ncnc3sccc23)CC1. The Morgan fingerprint density at radius 2 is 2.14 bits per heavy atom. The zero-order valence-electron chi connectivity index (χ0n) is 12.7. The van der Waals surface area contributed by atoms with Crippen LogP contribution < -0.4 is 10.6 Å². The summed E-state index contributed by atoms with van der Waals surface area (Å²) in [4.78, 5) is 26.1. The van der Waals surface area contributed by atoms with Crippen molar-refractivity contribution in [3.63, 3.8) is 0 Å². The van der Waals surface area contributed by atoms with Gasteiger partial charge in [0.05, 0.1) is 11.4 Å². The maximum Gasteiger partial charge on any atom is 0.239 e. The number of amides is 1. The fourth-order valence-corrected chi connectivity index (χ4v) is 3.56. The van der Waals surface area contributed by atoms with E-state index >= 15 is 0 Å². The Morgan fingerprint density at radius 1 is 1.36 bits per heavy atom. The van der Waals surface area contributed by atoms with Crippen molar-refractivity contribution in [2.24, 2.45) is 5.73 Å². The topological polar surface area (TPSA) is 75.4 Å². The predicted molar refractivity (Wildman–Crippen MR) is 89.1 cm³/mol. The number of aromatic nitrogens is 2. The molecule has 0 saturated carbocycles. The Labute approximate surface area is 133 Å². The van der Waals surface area contributed by atoms with Crippen LogP contribution in [-0.2, 0) is 4.79 Å². The molecule has 7 heteroatoms. The molecule has 1 unspecified atom stereocenters. The van der Waals surface area contributed by atoms with Gasteiger partial charge in [0.1, 0.15) is 17.0 Å². The van der Waals surface area contributed by atoms with Gasteiger partial charge < -0.3 is 15.5 Å². The number of hydrogen-bond donors (Lipinski definition) is 1. The Bertz CT molecular complexity index is 650. The lowest BCUT2D eigenvalue weighted by Gasteiger charge is -2.36. The van der Waals surface area contributed by atoms with Crippen molar-refractivity contribution < 1.29 is 4.79 Å². The first-order valence-corrected chi connectivity index (χ1v) is 8.56. The molecule has 2 aromatic heterocycles. The minimum Gasteiger partial charge on any atom is -0.352 e. The number of carbonyl (C=O) groups excluding carboxylic acids is 1. The minimum absolute atomic E-state index is 0.0740. The van der Waals surface area contributed by atoms with Crippen LogP contribution in [0.5, 0.6) is 0 Å². The van der Waals surface area contributed by atoms with Crippen molar-refractivity contribution in [3.05, 3.63) is 17.8 Å². The second-order valence-corrected chi connectivity index (χ2v) is 6.44. The van der Waals surface area contributed by atoms with Crippen molar-refractivity contribution in [2.75, 3.05) is 31.1 Å². The lowest BCUT2D eigenvalue weighted by molar-refractivity contribution is -0.133. The lowest BCUT2D eigenvalue weighted by Crippen LogP contribution is -2.53. The molecule has 1 aliphatic rings. The highest BCUT2D eigenvalue weighted by Crippen LogP contribution is 2.27. The molecule has 3 heterocycles. The highest BCUT2D eigenvalue weighted by atomic mass is 32.1. The van der Waals surface area contributed by atoms with Crippen LogP contribution in [0.25, 0.3) is 10.2 Å². The molecule has 2 N–H and O–H groups in total. The van der Waals surface area contributed by atoms with Crippen LogP contribution in [0.15, 0.2) is 17.8 Å². The maximum atomic E-state index is 12.3. The molecule has 1 saturated heterocycles. The van der Waals surface area contributed by atoms with Crippen molar-refractivity contribution in [1.82, 2.24) is 14.9 Å². The van der Waals surface area contributed by atoms with Crippen LogP contribution >= 0.6 is 11.3 Å². The molecular formula is C15H21N5OS. The normalized spacial score (nSPS) is 17.0. The van der Waals surface area contributed by atoms with E-state index in [0.29, 0.717) is 13.1 Å². The summed E-state index contributed by atoms with van der Waals surface area (Å²) in [6, 6.07) is 1.70. The number of carbonyl (C=O) groups is 1. The van der Waals surface area contributed by atoms with Gasteiger partial charge in [-0.15, -0.1) is 11.3 Å². The fourth-order valence-electron chi connectivity index (χ4n) is 2.84. The van der Waals surface area contributed by atoms with Gasteiger partial charge in [-0.2, -0.15) is 0 Å². The summed E-state index contributed by atoms with van der Waals surface area (Å²) in [6.07, 6.45) is 3.30. The van der Waals surface area contributed by atoms with Crippen molar-refractivity contribution in [1.29, 1.82) is 0 Å². The molecule has 118 valence electrons. The minimum atomic E-state index is -0.362. The summed E-state index contributed by atoms with van der Waals surface area (Å²) in [6.45, 7) is 5.02. The van der Waals surface area contributed by atoms with E-state index in [1.165, 1.54) is 0 Å². The van der Waals surface area contributed by atoms with Crippen molar-refractivity contribution in [2.45, 2.75) is 25.8 Å². The third-order valence-electron chi connectivity index (χ3n) is 4.05. The molecule has 0 radical (unpaired) electrons. The smallest absolute Gasteiger partial charge is 0.239 e. The largest absolute Gasteiger partial charge is 0.352 e. The number of anilines is 1. The molecule has 1 fully saturated rings. The van der Waals surface area contributed by atoms with Gasteiger partial charge in [-0.05, 0) is 17.9 Å². The second-order valence-electron chi connectivity index (χ2n) is 5.54. The quantitative estimate of drug-likeness (QED) is 0.923. The third kappa shape index (κ3) is 2.91. The number of rotatable bonds is 4. The van der Waals surface area contributed by atoms with Crippen LogP contribution in [0, 0.1) is 0 Å². The van der Waals surface area contributed by atoms with E-state index < -0.39 is 0 Å². The first-order valence-electron chi connectivity index (χ1n) is 7.68. The monoisotopic (exact) mass is 319 g/mol. The number of piperazine rings is 1. The molecule has 0 bridgehead atoms. The summed E-state index contributed by atoms with van der Waals surface area (Å²) in [5.74, 6) is 1.04. The average molecular weight is 319 g/mol. The molecule has 1 atom stereocenters. The van der Waals surface area contributed by atoms with Crippen molar-refractivity contribution in [3.8, 4) is 0 Å². The number of nitrogens with two attached hydrogens (primary N) is 1. The van der Waals surface area contributed by atoms with E-state index in [-0.39, 0.29) is 11.9 Å². The predicted octanol–water partition coefficient (Wildman–Crippen LogP) is 1.47. The van der Waals surface area contributed by atoms with Gasteiger partial charge in [0.25, 0.3) is 0 Å². The number of thiophene rings is 1. The van der Waals surface area contributed by atoms with Crippen LogP contribution in [-0.4, -0.2) is 53.0 Å². The molecule has 1 aliphatic heterocycles. The van der Waals surface area contributed by atoms with Crippen LogP contribution in [0.1, 0.15) is 19.8 Å². The standard InChI is InChI=1S/C15H21N5OS/c1-2-3-12(16)15(21)20-7-5-19(6-8-20)13-11-4-9-22-14(11)18-10-17-13/h4,9-10,12H,2-3,5-8,16H2,1H3. The van der Waals surface area contributed by atoms with Gasteiger partial charge in [-0.25, -0.2) is 9.97 Å². The van der Waals surface area contributed by atoms with E-state index in [1.807, 2.05) is 17.2 Å². The Morgan fingerprint density at radius 3 is 2.86 bits per heavy atom. The zero-order chi connectivity index (χ0) is 15.5. The fraction of sp³-hybridized carbons (Fsp3) is 0.533. The third-order valence-corrected chi connectivity index (χ3v) is 4.87. The highest BCUT2D eigenvalue weighted by molar-refractivity contribution is 7.16. The first kappa shape index (κ1) is 15.2. The van der Waals surface area contributed by atoms with E-state index in [9.17, 15) is 4.79 Å². The Kier molecular flexibility index (Phi) is 4.54. The summed E-state index contributed by atoms with van der Waals surface area (Å²) < 4.78 is 0. The van der Waals surface area contributed by atoms with E-state index in [0.717, 1.165) is 42.0 Å². The molecule has 1 amide bonds.